The molecular formula is C53H55N7O5. The molecule has 0 radical (unpaired) electrons. The number of benzene rings is 4. The largest absolute Gasteiger partial charge is 0.508 e. The summed E-state index contributed by atoms with van der Waals surface area (Å²) in [5.74, 6) is 0.0941. The summed E-state index contributed by atoms with van der Waals surface area (Å²) in [6.45, 7) is 7.75. The number of fused-ring (bicyclic) bond motifs is 2. The van der Waals surface area contributed by atoms with E-state index in [1.165, 1.54) is 24.1 Å². The molecule has 65 heavy (non-hydrogen) atoms. The molecule has 9 rings (SSSR count). The smallest absolute Gasteiger partial charge is 0.260 e. The number of carbonyl (C=O) groups is 3. The highest BCUT2D eigenvalue weighted by Crippen LogP contribution is 2.44. The van der Waals surface area contributed by atoms with Crippen LogP contribution in [0.4, 0.5) is 5.69 Å². The predicted molar refractivity (Wildman–Crippen MR) is 251 cm³/mol. The third-order valence-electron chi connectivity index (χ3n) is 13.8. The van der Waals surface area contributed by atoms with E-state index in [4.69, 9.17) is 4.74 Å². The van der Waals surface area contributed by atoms with Gasteiger partial charge in [-0.05, 0) is 129 Å². The van der Waals surface area contributed by atoms with Gasteiger partial charge in [0.05, 0.1) is 11.3 Å². The number of likely N-dealkylation sites (tertiary alicyclic amines) is 1. The maximum atomic E-state index is 15.9. The zero-order valence-corrected chi connectivity index (χ0v) is 37.6. The molecule has 5 heterocycles. The van der Waals surface area contributed by atoms with Gasteiger partial charge in [-0.25, -0.2) is 0 Å². The number of para-hydroxylation sites is 1. The van der Waals surface area contributed by atoms with Crippen LogP contribution in [0.1, 0.15) is 79.3 Å². The minimum absolute atomic E-state index is 0.0802. The molecule has 1 fully saturated rings. The van der Waals surface area contributed by atoms with E-state index in [9.17, 15) is 20.0 Å². The van der Waals surface area contributed by atoms with Gasteiger partial charge in [0.1, 0.15) is 23.3 Å². The molecule has 0 unspecified atom stereocenters. The summed E-state index contributed by atoms with van der Waals surface area (Å²) in [6, 6.07) is 32.2. The summed E-state index contributed by atoms with van der Waals surface area (Å²) < 4.78 is 9.70. The van der Waals surface area contributed by atoms with E-state index in [0.717, 1.165) is 61.3 Å². The Labute approximate surface area is 380 Å². The number of aromatic hydroxyl groups is 1. The molecule has 6 aromatic rings. The van der Waals surface area contributed by atoms with Crippen LogP contribution in [0.15, 0.2) is 97.1 Å². The van der Waals surface area contributed by atoms with Crippen LogP contribution in [-0.2, 0) is 44.8 Å². The van der Waals surface area contributed by atoms with Crippen molar-refractivity contribution in [1.29, 1.82) is 5.26 Å². The van der Waals surface area contributed by atoms with Gasteiger partial charge in [-0.3, -0.25) is 14.4 Å². The second kappa shape index (κ2) is 18.2. The van der Waals surface area contributed by atoms with Crippen LogP contribution >= 0.6 is 0 Å². The molecule has 0 spiro atoms. The van der Waals surface area contributed by atoms with Gasteiger partial charge in [0.2, 0.25) is 0 Å². The molecule has 332 valence electrons. The fourth-order valence-electron chi connectivity index (χ4n) is 9.99. The first kappa shape index (κ1) is 43.2. The molecule has 0 aliphatic carbocycles. The Balaban J connectivity index is 1.20. The fourth-order valence-corrected chi connectivity index (χ4v) is 9.99. The summed E-state index contributed by atoms with van der Waals surface area (Å²) in [5, 5.41) is 23.3. The number of piperidine rings is 1. The lowest BCUT2D eigenvalue weighted by Gasteiger charge is -2.41. The maximum absolute atomic E-state index is 15.9. The number of carbonyl (C=O) groups excluding carboxylic acids is 3. The van der Waals surface area contributed by atoms with E-state index >= 15 is 4.79 Å². The molecule has 1 saturated heterocycles. The van der Waals surface area contributed by atoms with E-state index in [1.54, 1.807) is 17.0 Å². The Morgan fingerprint density at radius 3 is 2.23 bits per heavy atom. The molecule has 4 aromatic carbocycles. The van der Waals surface area contributed by atoms with Gasteiger partial charge in [0.15, 0.2) is 6.61 Å². The summed E-state index contributed by atoms with van der Waals surface area (Å²) in [7, 11) is 3.76. The Kier molecular flexibility index (Phi) is 12.1. The first-order valence-corrected chi connectivity index (χ1v) is 22.6. The number of aromatic nitrogens is 2. The number of hydrogen-bond acceptors (Lipinski definition) is 7. The third-order valence-corrected chi connectivity index (χ3v) is 13.8. The van der Waals surface area contributed by atoms with E-state index in [1.807, 2.05) is 85.6 Å². The second-order valence-corrected chi connectivity index (χ2v) is 17.7. The number of rotatable bonds is 10. The standard InChI is InChI=1S/C53H55N7O5/c1-34-45(28-41(29-54)56(34)3)50-49(52(63)55-40-17-19-43(61)20-18-40)35(2)57(4)51(50)46-26-37-21-24-59(48(62)33-65-44-15-7-5-8-16-44)30-39(37)27-47(46)53(64)60-31-38-14-10-9-13-36(38)25-42(60)32-58-22-11-6-12-23-58/h5,7-10,13-20,26-28,42,61H,6,11-12,21-25,30-33H2,1-4H3,(H,55,63)/t42-/m0/s1. The van der Waals surface area contributed by atoms with Crippen LogP contribution in [0.25, 0.3) is 22.4 Å². The molecule has 3 aliphatic rings. The first-order valence-electron chi connectivity index (χ1n) is 22.6. The SMILES string of the molecule is Cc1c(-c2c(C(=O)Nc3ccc(O)cc3)c(C)n(C)c2-c2cc3c(cc2C(=O)N2Cc4ccccc4C[C@H]2CN2CCCCC2)CN(C(=O)COc2ccccc2)CC3)cc(C#N)n1C. The number of nitriles is 1. The molecule has 12 heteroatoms. The van der Waals surface area contributed by atoms with Gasteiger partial charge < -0.3 is 39.0 Å². The zero-order chi connectivity index (χ0) is 45.4. The van der Waals surface area contributed by atoms with Crippen LogP contribution in [0, 0.1) is 25.2 Å². The highest BCUT2D eigenvalue weighted by molar-refractivity contribution is 6.14. The van der Waals surface area contributed by atoms with Gasteiger partial charge >= 0.3 is 0 Å². The van der Waals surface area contributed by atoms with Crippen molar-refractivity contribution >= 4 is 23.4 Å². The van der Waals surface area contributed by atoms with E-state index < -0.39 is 0 Å². The van der Waals surface area contributed by atoms with Crippen molar-refractivity contribution in [3.63, 3.8) is 0 Å². The number of nitrogens with one attached hydrogen (secondary N) is 1. The minimum atomic E-state index is -0.362. The van der Waals surface area contributed by atoms with Crippen LogP contribution in [0.5, 0.6) is 11.5 Å². The normalized spacial score (nSPS) is 16.1. The second-order valence-electron chi connectivity index (χ2n) is 17.7. The lowest BCUT2D eigenvalue weighted by Crippen LogP contribution is -2.51. The van der Waals surface area contributed by atoms with Crippen molar-refractivity contribution in [3.8, 4) is 40.0 Å². The maximum Gasteiger partial charge on any atom is 0.260 e. The van der Waals surface area contributed by atoms with Crippen LogP contribution in [-0.4, -0.2) is 85.5 Å². The lowest BCUT2D eigenvalue weighted by atomic mass is 9.87. The molecule has 2 aromatic heterocycles. The molecular weight excluding hydrogens is 815 g/mol. The lowest BCUT2D eigenvalue weighted by molar-refractivity contribution is -0.134. The van der Waals surface area contributed by atoms with E-state index in [-0.39, 0.29) is 36.1 Å². The Morgan fingerprint density at radius 2 is 1.51 bits per heavy atom. The molecule has 3 aliphatic heterocycles. The number of ether oxygens (including phenoxy) is 1. The topological polar surface area (TPSA) is 136 Å². The molecule has 0 bridgehead atoms. The average Bonchev–Trinajstić information content (AvgIpc) is 3.76. The Morgan fingerprint density at radius 1 is 0.785 bits per heavy atom. The monoisotopic (exact) mass is 869 g/mol. The van der Waals surface area contributed by atoms with Crippen molar-refractivity contribution in [2.45, 2.75) is 65.1 Å². The summed E-state index contributed by atoms with van der Waals surface area (Å²) in [5.41, 5.74) is 10.3. The Bertz CT molecular complexity index is 2830. The fraction of sp³-hybridized carbons (Fsp3) is 0.321. The zero-order valence-electron chi connectivity index (χ0n) is 37.6. The number of anilines is 1. The average molecular weight is 870 g/mol. The molecule has 3 amide bonds. The van der Waals surface area contributed by atoms with E-state index in [2.05, 4.69) is 45.5 Å². The minimum Gasteiger partial charge on any atom is -0.508 e. The van der Waals surface area contributed by atoms with Crippen LogP contribution < -0.4 is 10.1 Å². The summed E-state index contributed by atoms with van der Waals surface area (Å²) in [4.78, 5) is 50.6. The highest BCUT2D eigenvalue weighted by Gasteiger charge is 2.37. The van der Waals surface area contributed by atoms with Crippen molar-refractivity contribution in [3.05, 3.63) is 148 Å². The van der Waals surface area contributed by atoms with Gasteiger partial charge in [0, 0.05) is 85.6 Å². The van der Waals surface area contributed by atoms with Crippen LogP contribution in [0.2, 0.25) is 0 Å². The molecule has 1 atom stereocenters. The molecule has 0 saturated carbocycles. The first-order chi connectivity index (χ1) is 31.5. The predicted octanol–water partition coefficient (Wildman–Crippen LogP) is 8.16. The number of hydrogen-bond donors (Lipinski definition) is 2. The summed E-state index contributed by atoms with van der Waals surface area (Å²) in [6.07, 6.45) is 4.79. The molecule has 2 N–H and O–H groups in total. The number of amides is 3. The van der Waals surface area contributed by atoms with Gasteiger partial charge in [-0.1, -0.05) is 48.9 Å². The number of nitrogens with zero attached hydrogens (tertiary/aromatic N) is 6. The summed E-state index contributed by atoms with van der Waals surface area (Å²) >= 11 is 0. The van der Waals surface area contributed by atoms with Crippen molar-refractivity contribution in [2.24, 2.45) is 14.1 Å². The van der Waals surface area contributed by atoms with Gasteiger partial charge in [-0.15, -0.1) is 0 Å². The number of phenolic OH excluding ortho intramolecular Hbond substituents is 1. The van der Waals surface area contributed by atoms with E-state index in [0.29, 0.717) is 82.4 Å². The van der Waals surface area contributed by atoms with Gasteiger partial charge in [-0.2, -0.15) is 5.26 Å². The van der Waals surface area contributed by atoms with Crippen molar-refractivity contribution < 1.29 is 24.2 Å². The quantitative estimate of drug-likeness (QED) is 0.133. The van der Waals surface area contributed by atoms with Crippen LogP contribution in [0.3, 0.4) is 0 Å². The highest BCUT2D eigenvalue weighted by atomic mass is 16.5. The van der Waals surface area contributed by atoms with Crippen molar-refractivity contribution in [2.75, 3.05) is 38.1 Å². The number of phenols is 1. The molecule has 12 nitrogen and oxygen atoms in total. The van der Waals surface area contributed by atoms with Gasteiger partial charge in [0.25, 0.3) is 17.7 Å². The Hall–Kier alpha value is -7.10. The van der Waals surface area contributed by atoms with Crippen molar-refractivity contribution in [1.82, 2.24) is 23.8 Å². The third kappa shape index (κ3) is 8.52.